The van der Waals surface area contributed by atoms with Crippen molar-refractivity contribution >= 4 is 11.9 Å². The third-order valence-electron chi connectivity index (χ3n) is 3.95. The summed E-state index contributed by atoms with van der Waals surface area (Å²) in [6, 6.07) is 0.735. The first-order chi connectivity index (χ1) is 8.15. The monoisotopic (exact) mass is 237 g/mol. The van der Waals surface area contributed by atoms with Crippen LogP contribution in [-0.4, -0.2) is 53.5 Å². The minimum Gasteiger partial charge on any atom is -0.336 e. The molecule has 1 saturated heterocycles. The maximum atomic E-state index is 11.9. The van der Waals surface area contributed by atoms with Crippen LogP contribution in [0.4, 0.5) is 4.79 Å². The SMILES string of the molecule is C[C@H]1C[C@@H]1NC(=O)N1CCN(C2CC2)C(=O)C1. The standard InChI is InChI=1S/C12H19N3O2/c1-8-6-10(8)13-12(17)14-4-5-15(9-2-3-9)11(16)7-14/h8-10H,2-7H2,1H3,(H,13,17)/t8-,10-/m0/s1. The van der Waals surface area contributed by atoms with Crippen LogP contribution < -0.4 is 5.32 Å². The summed E-state index contributed by atoms with van der Waals surface area (Å²) in [4.78, 5) is 27.3. The van der Waals surface area contributed by atoms with Gasteiger partial charge < -0.3 is 15.1 Å². The first-order valence-electron chi connectivity index (χ1n) is 6.50. The Morgan fingerprint density at radius 1 is 1.35 bits per heavy atom. The van der Waals surface area contributed by atoms with Gasteiger partial charge in [-0.25, -0.2) is 4.79 Å². The normalized spacial score (nSPS) is 32.6. The Morgan fingerprint density at radius 3 is 2.59 bits per heavy atom. The topological polar surface area (TPSA) is 52.7 Å². The Hall–Kier alpha value is -1.26. The second kappa shape index (κ2) is 3.89. The number of hydrogen-bond donors (Lipinski definition) is 1. The van der Waals surface area contributed by atoms with Crippen molar-refractivity contribution in [1.29, 1.82) is 0 Å². The van der Waals surface area contributed by atoms with Crippen LogP contribution in [0.1, 0.15) is 26.2 Å². The molecule has 3 rings (SSSR count). The first kappa shape index (κ1) is 10.9. The van der Waals surface area contributed by atoms with Gasteiger partial charge in [0.25, 0.3) is 0 Å². The van der Waals surface area contributed by atoms with E-state index in [9.17, 15) is 9.59 Å². The van der Waals surface area contributed by atoms with Crippen molar-refractivity contribution in [2.24, 2.45) is 5.92 Å². The number of carbonyl (C=O) groups is 2. The predicted octanol–water partition coefficient (Wildman–Crippen LogP) is 0.411. The number of rotatable bonds is 2. The van der Waals surface area contributed by atoms with E-state index in [0.29, 0.717) is 31.1 Å². The molecule has 0 bridgehead atoms. The molecule has 2 aliphatic carbocycles. The largest absolute Gasteiger partial charge is 0.336 e. The van der Waals surface area contributed by atoms with E-state index in [0.717, 1.165) is 19.3 Å². The highest BCUT2D eigenvalue weighted by Gasteiger charge is 2.39. The van der Waals surface area contributed by atoms with Crippen LogP contribution in [0.25, 0.3) is 0 Å². The lowest BCUT2D eigenvalue weighted by Crippen LogP contribution is -2.55. The molecule has 1 heterocycles. The zero-order chi connectivity index (χ0) is 12.0. The summed E-state index contributed by atoms with van der Waals surface area (Å²) in [5.41, 5.74) is 0. The van der Waals surface area contributed by atoms with Gasteiger partial charge in [-0.05, 0) is 25.2 Å². The molecule has 0 unspecified atom stereocenters. The Balaban J connectivity index is 1.51. The zero-order valence-electron chi connectivity index (χ0n) is 10.2. The summed E-state index contributed by atoms with van der Waals surface area (Å²) in [5.74, 6) is 0.708. The maximum Gasteiger partial charge on any atom is 0.318 e. The summed E-state index contributed by atoms with van der Waals surface area (Å²) >= 11 is 0. The lowest BCUT2D eigenvalue weighted by molar-refractivity contribution is -0.135. The smallest absolute Gasteiger partial charge is 0.318 e. The molecule has 3 fully saturated rings. The van der Waals surface area contributed by atoms with Gasteiger partial charge in [-0.15, -0.1) is 0 Å². The van der Waals surface area contributed by atoms with Gasteiger partial charge in [0.05, 0.1) is 0 Å². The van der Waals surface area contributed by atoms with E-state index in [1.54, 1.807) is 4.90 Å². The Morgan fingerprint density at radius 2 is 2.06 bits per heavy atom. The van der Waals surface area contributed by atoms with Gasteiger partial charge in [0.2, 0.25) is 5.91 Å². The van der Waals surface area contributed by atoms with Crippen molar-refractivity contribution in [1.82, 2.24) is 15.1 Å². The highest BCUT2D eigenvalue weighted by Crippen LogP contribution is 2.30. The fourth-order valence-corrected chi connectivity index (χ4v) is 2.41. The van der Waals surface area contributed by atoms with Crippen molar-refractivity contribution in [2.75, 3.05) is 19.6 Å². The number of carbonyl (C=O) groups excluding carboxylic acids is 2. The van der Waals surface area contributed by atoms with Crippen LogP contribution in [-0.2, 0) is 4.79 Å². The molecule has 0 aromatic rings. The van der Waals surface area contributed by atoms with E-state index >= 15 is 0 Å². The molecule has 5 nitrogen and oxygen atoms in total. The molecule has 1 aliphatic heterocycles. The van der Waals surface area contributed by atoms with Crippen molar-refractivity contribution in [3.63, 3.8) is 0 Å². The second-order valence-corrected chi connectivity index (χ2v) is 5.51. The molecule has 3 amide bonds. The molecule has 0 radical (unpaired) electrons. The molecule has 3 aliphatic rings. The molecular weight excluding hydrogens is 218 g/mol. The molecule has 1 N–H and O–H groups in total. The second-order valence-electron chi connectivity index (χ2n) is 5.51. The molecule has 0 aromatic heterocycles. The number of hydrogen-bond acceptors (Lipinski definition) is 2. The van der Waals surface area contributed by atoms with Crippen LogP contribution in [0.15, 0.2) is 0 Å². The van der Waals surface area contributed by atoms with Gasteiger partial charge in [-0.2, -0.15) is 0 Å². The number of piperazine rings is 1. The molecule has 5 heteroatoms. The van der Waals surface area contributed by atoms with Crippen molar-refractivity contribution < 1.29 is 9.59 Å². The van der Waals surface area contributed by atoms with Crippen LogP contribution in [0.5, 0.6) is 0 Å². The van der Waals surface area contributed by atoms with Gasteiger partial charge in [0, 0.05) is 25.2 Å². The van der Waals surface area contributed by atoms with Crippen LogP contribution >= 0.6 is 0 Å². The first-order valence-corrected chi connectivity index (χ1v) is 6.50. The van der Waals surface area contributed by atoms with Gasteiger partial charge in [-0.1, -0.05) is 6.92 Å². The molecule has 2 atom stereocenters. The highest BCUT2D eigenvalue weighted by molar-refractivity contribution is 5.85. The maximum absolute atomic E-state index is 11.9. The Kier molecular flexibility index (Phi) is 2.49. The summed E-state index contributed by atoms with van der Waals surface area (Å²) in [5, 5.41) is 2.97. The number of nitrogens with zero attached hydrogens (tertiary/aromatic N) is 2. The minimum absolute atomic E-state index is 0.0665. The molecule has 0 aromatic carbocycles. The lowest BCUT2D eigenvalue weighted by atomic mass is 10.3. The quantitative estimate of drug-likeness (QED) is 0.756. The van der Waals surface area contributed by atoms with Gasteiger partial charge in [-0.3, -0.25) is 4.79 Å². The summed E-state index contributed by atoms with van der Waals surface area (Å²) in [7, 11) is 0. The average molecular weight is 237 g/mol. The van der Waals surface area contributed by atoms with Crippen LogP contribution in [0, 0.1) is 5.92 Å². The molecule has 2 saturated carbocycles. The summed E-state index contributed by atoms with van der Waals surface area (Å²) in [6.45, 7) is 3.76. The minimum atomic E-state index is -0.0665. The van der Waals surface area contributed by atoms with E-state index in [-0.39, 0.29) is 18.5 Å². The van der Waals surface area contributed by atoms with Crippen molar-refractivity contribution in [2.45, 2.75) is 38.3 Å². The highest BCUT2D eigenvalue weighted by atomic mass is 16.2. The van der Waals surface area contributed by atoms with E-state index in [2.05, 4.69) is 12.2 Å². The van der Waals surface area contributed by atoms with Crippen molar-refractivity contribution in [3.8, 4) is 0 Å². The molecule has 0 spiro atoms. The van der Waals surface area contributed by atoms with Crippen LogP contribution in [0.3, 0.4) is 0 Å². The van der Waals surface area contributed by atoms with Crippen molar-refractivity contribution in [3.05, 3.63) is 0 Å². The number of urea groups is 1. The fraction of sp³-hybridized carbons (Fsp3) is 0.833. The van der Waals surface area contributed by atoms with Gasteiger partial charge in [0.15, 0.2) is 0 Å². The summed E-state index contributed by atoms with van der Waals surface area (Å²) < 4.78 is 0. The van der Waals surface area contributed by atoms with Gasteiger partial charge >= 0.3 is 6.03 Å². The predicted molar refractivity (Wildman–Crippen MR) is 62.4 cm³/mol. The molecule has 17 heavy (non-hydrogen) atoms. The van der Waals surface area contributed by atoms with E-state index < -0.39 is 0 Å². The molecular formula is C12H19N3O2. The number of nitrogens with one attached hydrogen (secondary N) is 1. The Labute approximate surface area is 101 Å². The van der Waals surface area contributed by atoms with Crippen LogP contribution in [0.2, 0.25) is 0 Å². The lowest BCUT2D eigenvalue weighted by Gasteiger charge is -2.34. The average Bonchev–Trinajstić information content (AvgIpc) is 3.17. The number of amides is 3. The van der Waals surface area contributed by atoms with E-state index in [4.69, 9.17) is 0 Å². The zero-order valence-corrected chi connectivity index (χ0v) is 10.2. The third-order valence-corrected chi connectivity index (χ3v) is 3.95. The van der Waals surface area contributed by atoms with E-state index in [1.165, 1.54) is 0 Å². The Bertz CT molecular complexity index is 354. The van der Waals surface area contributed by atoms with E-state index in [1.807, 2.05) is 4.90 Å². The fourth-order valence-electron chi connectivity index (χ4n) is 2.41. The molecule has 94 valence electrons. The summed E-state index contributed by atoms with van der Waals surface area (Å²) in [6.07, 6.45) is 3.34. The van der Waals surface area contributed by atoms with Gasteiger partial charge in [0.1, 0.15) is 6.54 Å². The third kappa shape index (κ3) is 2.23.